The van der Waals surface area contributed by atoms with Crippen LogP contribution in [0.1, 0.15) is 12.0 Å². The van der Waals surface area contributed by atoms with Crippen molar-refractivity contribution in [3.63, 3.8) is 0 Å². The van der Waals surface area contributed by atoms with Crippen molar-refractivity contribution in [3.8, 4) is 11.3 Å². The van der Waals surface area contributed by atoms with Crippen LogP contribution < -0.4 is 15.5 Å². The maximum atomic E-state index is 13.5. The molecule has 2 aromatic heterocycles. The molecule has 1 unspecified atom stereocenters. The van der Waals surface area contributed by atoms with E-state index in [9.17, 15) is 4.39 Å². The summed E-state index contributed by atoms with van der Waals surface area (Å²) in [5, 5.41) is 4.80. The number of nitrogens with zero attached hydrogens (tertiary/aromatic N) is 5. The van der Waals surface area contributed by atoms with Crippen molar-refractivity contribution in [2.24, 2.45) is 5.73 Å². The Kier molecular flexibility index (Phi) is 5.11. The van der Waals surface area contributed by atoms with Gasteiger partial charge in [-0.25, -0.2) is 13.9 Å². The Morgan fingerprint density at radius 1 is 1.16 bits per heavy atom. The van der Waals surface area contributed by atoms with Crippen molar-refractivity contribution in [1.29, 1.82) is 0 Å². The molecule has 5 rings (SSSR count). The molecule has 2 aromatic carbocycles. The molecular formula is C25H25FN6. The topological polar surface area (TPSA) is 62.7 Å². The smallest absolute Gasteiger partial charge is 0.154 e. The second-order valence-corrected chi connectivity index (χ2v) is 8.28. The fraction of sp³-hybridized carbons (Fsp3) is 0.200. The molecule has 1 atom stereocenters. The highest BCUT2D eigenvalue weighted by Gasteiger charge is 2.23. The number of hydrogen-bond donors (Lipinski definition) is 1. The highest BCUT2D eigenvalue weighted by molar-refractivity contribution is 5.67. The van der Waals surface area contributed by atoms with Crippen LogP contribution in [0.3, 0.4) is 0 Å². The number of fused-ring (bicyclic) bond motifs is 1. The summed E-state index contributed by atoms with van der Waals surface area (Å²) in [6, 6.07) is 18.9. The first-order valence-electron chi connectivity index (χ1n) is 10.6. The largest absolute Gasteiger partial charge is 0.354 e. The quantitative estimate of drug-likeness (QED) is 0.516. The average Bonchev–Trinajstić information content (AvgIpc) is 3.35. The van der Waals surface area contributed by atoms with Crippen molar-refractivity contribution >= 4 is 17.2 Å². The maximum Gasteiger partial charge on any atom is 0.154 e. The van der Waals surface area contributed by atoms with Gasteiger partial charge in [-0.15, -0.1) is 5.10 Å². The van der Waals surface area contributed by atoms with Crippen molar-refractivity contribution in [1.82, 2.24) is 14.6 Å². The van der Waals surface area contributed by atoms with E-state index in [0.29, 0.717) is 6.54 Å². The summed E-state index contributed by atoms with van der Waals surface area (Å²) in [6.07, 6.45) is 2.66. The summed E-state index contributed by atoms with van der Waals surface area (Å²) >= 11 is 0. The maximum absolute atomic E-state index is 13.5. The predicted molar refractivity (Wildman–Crippen MR) is 126 cm³/mol. The molecule has 0 saturated carbocycles. The van der Waals surface area contributed by atoms with Gasteiger partial charge in [0.05, 0.1) is 11.9 Å². The van der Waals surface area contributed by atoms with Crippen molar-refractivity contribution in [2.75, 3.05) is 23.4 Å². The number of aromatic nitrogens is 3. The Bertz CT molecular complexity index is 1280. The molecule has 4 aromatic rings. The van der Waals surface area contributed by atoms with Crippen LogP contribution in [0, 0.1) is 5.82 Å². The lowest BCUT2D eigenvalue weighted by molar-refractivity contribution is 0.625. The van der Waals surface area contributed by atoms with Gasteiger partial charge in [-0.3, -0.25) is 0 Å². The SMILES string of the molecule is C=C1CC(N)CN1c1ccc(-c2cnc3ccc(N(C)Cc4cccc(F)c4)nn23)cc1. The summed E-state index contributed by atoms with van der Waals surface area (Å²) in [5.41, 5.74) is 11.8. The average molecular weight is 429 g/mol. The van der Waals surface area contributed by atoms with Gasteiger partial charge >= 0.3 is 0 Å². The molecule has 0 bridgehead atoms. The Balaban J connectivity index is 1.42. The second-order valence-electron chi connectivity index (χ2n) is 8.28. The third kappa shape index (κ3) is 3.83. The molecule has 6 nitrogen and oxygen atoms in total. The number of nitrogens with two attached hydrogens (primary N) is 1. The van der Waals surface area contributed by atoms with Gasteiger partial charge in [0.2, 0.25) is 0 Å². The van der Waals surface area contributed by atoms with Crippen LogP contribution in [0.2, 0.25) is 0 Å². The van der Waals surface area contributed by atoms with Gasteiger partial charge in [0.25, 0.3) is 0 Å². The fourth-order valence-corrected chi connectivity index (χ4v) is 4.20. The van der Waals surface area contributed by atoms with Gasteiger partial charge < -0.3 is 15.5 Å². The van der Waals surface area contributed by atoms with Crippen molar-refractivity contribution in [2.45, 2.75) is 19.0 Å². The lowest BCUT2D eigenvalue weighted by Crippen LogP contribution is -2.25. The molecule has 7 heteroatoms. The first-order valence-corrected chi connectivity index (χ1v) is 10.6. The Morgan fingerprint density at radius 3 is 2.69 bits per heavy atom. The van der Waals surface area contributed by atoms with E-state index < -0.39 is 0 Å². The minimum absolute atomic E-state index is 0.132. The molecule has 1 saturated heterocycles. The Morgan fingerprint density at radius 2 is 1.97 bits per heavy atom. The van der Waals surface area contributed by atoms with E-state index in [2.05, 4.69) is 40.7 Å². The summed E-state index contributed by atoms with van der Waals surface area (Å²) in [7, 11) is 1.94. The molecule has 3 heterocycles. The summed E-state index contributed by atoms with van der Waals surface area (Å²) in [6.45, 7) is 5.47. The molecule has 162 valence electrons. The number of imidazole rings is 1. The number of hydrogen-bond acceptors (Lipinski definition) is 5. The molecule has 1 fully saturated rings. The van der Waals surface area contributed by atoms with E-state index in [1.165, 1.54) is 6.07 Å². The number of halogens is 1. The normalized spacial score (nSPS) is 16.2. The molecule has 0 spiro atoms. The van der Waals surface area contributed by atoms with Crippen LogP contribution in [-0.2, 0) is 6.54 Å². The summed E-state index contributed by atoms with van der Waals surface area (Å²) in [4.78, 5) is 8.66. The number of benzene rings is 2. The molecule has 0 aliphatic carbocycles. The van der Waals surface area contributed by atoms with E-state index >= 15 is 0 Å². The molecule has 0 amide bonds. The van der Waals surface area contributed by atoms with Crippen LogP contribution in [0.4, 0.5) is 15.9 Å². The summed E-state index contributed by atoms with van der Waals surface area (Å²) < 4.78 is 15.4. The monoisotopic (exact) mass is 428 g/mol. The van der Waals surface area contributed by atoms with Gasteiger partial charge in [0, 0.05) is 49.5 Å². The van der Waals surface area contributed by atoms with E-state index in [4.69, 9.17) is 10.8 Å². The summed E-state index contributed by atoms with van der Waals surface area (Å²) in [5.74, 6) is 0.541. The minimum atomic E-state index is -0.237. The molecule has 0 radical (unpaired) electrons. The Hall–Kier alpha value is -3.71. The van der Waals surface area contributed by atoms with Crippen molar-refractivity contribution < 1.29 is 4.39 Å². The lowest BCUT2D eigenvalue weighted by Gasteiger charge is -2.20. The number of anilines is 2. The first-order chi connectivity index (χ1) is 15.5. The van der Waals surface area contributed by atoms with Crippen LogP contribution in [0.5, 0.6) is 0 Å². The standard InChI is InChI=1S/C25H25FN6/c1-17-12-21(27)16-31(17)22-8-6-19(7-9-22)23-14-28-24-10-11-25(29-32(23)24)30(2)15-18-4-3-5-20(26)13-18/h3-11,13-14,21H,1,12,15-16,27H2,2H3. The van der Waals surface area contributed by atoms with E-state index in [0.717, 1.165) is 52.6 Å². The zero-order valence-electron chi connectivity index (χ0n) is 17.9. The zero-order chi connectivity index (χ0) is 22.2. The lowest BCUT2D eigenvalue weighted by atomic mass is 10.1. The Labute approximate surface area is 186 Å². The second kappa shape index (κ2) is 8.09. The van der Waals surface area contributed by atoms with E-state index in [1.54, 1.807) is 12.1 Å². The third-order valence-electron chi connectivity index (χ3n) is 5.82. The molecule has 1 aliphatic rings. The minimum Gasteiger partial charge on any atom is -0.354 e. The highest BCUT2D eigenvalue weighted by Crippen LogP contribution is 2.29. The van der Waals surface area contributed by atoms with Gasteiger partial charge in [0.15, 0.2) is 5.65 Å². The highest BCUT2D eigenvalue weighted by atomic mass is 19.1. The van der Waals surface area contributed by atoms with Crippen LogP contribution in [0.15, 0.2) is 79.1 Å². The van der Waals surface area contributed by atoms with Crippen LogP contribution in [-0.4, -0.2) is 34.2 Å². The number of rotatable bonds is 5. The molecule has 32 heavy (non-hydrogen) atoms. The molecule has 2 N–H and O–H groups in total. The van der Waals surface area contributed by atoms with Gasteiger partial charge in [-0.05, 0) is 42.0 Å². The van der Waals surface area contributed by atoms with Gasteiger partial charge in [-0.1, -0.05) is 30.8 Å². The molecular weight excluding hydrogens is 403 g/mol. The third-order valence-corrected chi connectivity index (χ3v) is 5.82. The van der Waals surface area contributed by atoms with Gasteiger partial charge in [0.1, 0.15) is 11.6 Å². The predicted octanol–water partition coefficient (Wildman–Crippen LogP) is 4.22. The van der Waals surface area contributed by atoms with Gasteiger partial charge in [-0.2, -0.15) is 0 Å². The zero-order valence-corrected chi connectivity index (χ0v) is 17.9. The van der Waals surface area contributed by atoms with E-state index in [-0.39, 0.29) is 11.9 Å². The van der Waals surface area contributed by atoms with E-state index in [1.807, 2.05) is 40.9 Å². The molecule has 1 aliphatic heterocycles. The fourth-order valence-electron chi connectivity index (χ4n) is 4.20. The van der Waals surface area contributed by atoms with Crippen LogP contribution >= 0.6 is 0 Å². The van der Waals surface area contributed by atoms with Crippen molar-refractivity contribution in [3.05, 3.63) is 90.5 Å². The van der Waals surface area contributed by atoms with Crippen LogP contribution in [0.25, 0.3) is 16.9 Å². The first kappa shape index (κ1) is 20.2.